The lowest BCUT2D eigenvalue weighted by molar-refractivity contribution is 0.306. The van der Waals surface area contributed by atoms with Crippen LogP contribution in [0.15, 0.2) is 47.5 Å². The zero-order valence-electron chi connectivity index (χ0n) is 15.9. The van der Waals surface area contributed by atoms with Gasteiger partial charge in [-0.05, 0) is 43.9 Å². The fraction of sp³-hybridized carbons (Fsp3) is 0.316. The lowest BCUT2D eigenvalue weighted by Gasteiger charge is -2.23. The van der Waals surface area contributed by atoms with Gasteiger partial charge >= 0.3 is 0 Å². The van der Waals surface area contributed by atoms with Crippen LogP contribution in [-0.2, 0) is 0 Å². The van der Waals surface area contributed by atoms with Crippen molar-refractivity contribution in [2.45, 2.75) is 6.04 Å². The Hall–Kier alpha value is -2.07. The van der Waals surface area contributed by atoms with Crippen LogP contribution in [0, 0.1) is 5.82 Å². The molecular weight excluding hydrogens is 462 g/mol. The third-order valence-electron chi connectivity index (χ3n) is 3.96. The molecule has 0 spiro atoms. The standard InChI is InChI=1S/C19H25FN4O2.HI/c1-24(2)17(13-6-5-7-14(20)10-13)12-22-19(21)23-16-11-15(25-3)8-9-18(16)26-4;/h5-11,17H,12H2,1-4H3,(H3,21,22,23);1H. The molecule has 8 heteroatoms. The number of nitrogens with one attached hydrogen (secondary N) is 1. The minimum atomic E-state index is -0.273. The van der Waals surface area contributed by atoms with Crippen molar-refractivity contribution < 1.29 is 13.9 Å². The highest BCUT2D eigenvalue weighted by atomic mass is 127. The molecular formula is C19H26FIN4O2. The second kappa shape index (κ2) is 10.9. The molecule has 0 amide bonds. The Morgan fingerprint density at radius 1 is 1.19 bits per heavy atom. The van der Waals surface area contributed by atoms with Gasteiger partial charge in [0.05, 0.1) is 32.5 Å². The van der Waals surface area contributed by atoms with Gasteiger partial charge in [-0.15, -0.1) is 24.0 Å². The van der Waals surface area contributed by atoms with Crippen LogP contribution in [0.25, 0.3) is 0 Å². The maximum absolute atomic E-state index is 13.5. The van der Waals surface area contributed by atoms with Gasteiger partial charge in [-0.25, -0.2) is 4.39 Å². The van der Waals surface area contributed by atoms with Crippen LogP contribution < -0.4 is 20.5 Å². The van der Waals surface area contributed by atoms with Crippen molar-refractivity contribution in [2.75, 3.05) is 40.2 Å². The van der Waals surface area contributed by atoms with Gasteiger partial charge in [0, 0.05) is 6.07 Å². The van der Waals surface area contributed by atoms with E-state index in [1.165, 1.54) is 12.1 Å². The van der Waals surface area contributed by atoms with E-state index in [0.717, 1.165) is 5.56 Å². The fourth-order valence-electron chi connectivity index (χ4n) is 2.55. The van der Waals surface area contributed by atoms with E-state index >= 15 is 0 Å². The average molecular weight is 488 g/mol. The quantitative estimate of drug-likeness (QED) is 0.355. The van der Waals surface area contributed by atoms with E-state index < -0.39 is 0 Å². The number of aliphatic imine (C=N–C) groups is 1. The lowest BCUT2D eigenvalue weighted by atomic mass is 10.1. The van der Waals surface area contributed by atoms with Crippen molar-refractivity contribution in [2.24, 2.45) is 10.7 Å². The molecule has 0 saturated carbocycles. The van der Waals surface area contributed by atoms with Gasteiger partial charge in [0.15, 0.2) is 5.96 Å². The lowest BCUT2D eigenvalue weighted by Crippen LogP contribution is -2.27. The predicted octanol–water partition coefficient (Wildman–Crippen LogP) is 3.49. The van der Waals surface area contributed by atoms with Crippen molar-refractivity contribution >= 4 is 35.6 Å². The van der Waals surface area contributed by atoms with Crippen LogP contribution in [0.1, 0.15) is 11.6 Å². The molecule has 0 saturated heterocycles. The first-order valence-electron chi connectivity index (χ1n) is 8.15. The summed E-state index contributed by atoms with van der Waals surface area (Å²) in [6.07, 6.45) is 0. The molecule has 148 valence electrons. The summed E-state index contributed by atoms with van der Waals surface area (Å²) in [5.74, 6) is 1.26. The molecule has 1 unspecified atom stereocenters. The summed E-state index contributed by atoms with van der Waals surface area (Å²) in [5, 5.41) is 3.02. The molecule has 0 radical (unpaired) electrons. The number of rotatable bonds is 7. The summed E-state index contributed by atoms with van der Waals surface area (Å²) >= 11 is 0. The number of nitrogens with two attached hydrogens (primary N) is 1. The minimum Gasteiger partial charge on any atom is -0.497 e. The van der Waals surface area contributed by atoms with Gasteiger partial charge in [0.1, 0.15) is 17.3 Å². The van der Waals surface area contributed by atoms with Crippen molar-refractivity contribution in [3.8, 4) is 11.5 Å². The van der Waals surface area contributed by atoms with Crippen LogP contribution >= 0.6 is 24.0 Å². The SMILES string of the molecule is COc1ccc(OC)c(NC(N)=NCC(c2cccc(F)c2)N(C)C)c1.I. The molecule has 2 aromatic carbocycles. The van der Waals surface area contributed by atoms with Gasteiger partial charge in [0.25, 0.3) is 0 Å². The minimum absolute atomic E-state index is 0. The highest BCUT2D eigenvalue weighted by molar-refractivity contribution is 14.0. The Morgan fingerprint density at radius 3 is 2.52 bits per heavy atom. The highest BCUT2D eigenvalue weighted by Crippen LogP contribution is 2.28. The number of methoxy groups -OCH3 is 2. The normalized spacial score (nSPS) is 12.3. The number of anilines is 1. The first kappa shape index (κ1) is 23.0. The number of likely N-dealkylation sites (N-methyl/N-ethyl adjacent to an activating group) is 1. The maximum atomic E-state index is 13.5. The van der Waals surface area contributed by atoms with Crippen LogP contribution in [0.3, 0.4) is 0 Å². The Balaban J connectivity index is 0.00000364. The first-order chi connectivity index (χ1) is 12.4. The first-order valence-corrected chi connectivity index (χ1v) is 8.15. The number of benzene rings is 2. The molecule has 0 heterocycles. The van der Waals surface area contributed by atoms with E-state index in [2.05, 4.69) is 10.3 Å². The molecule has 2 rings (SSSR count). The summed E-state index contributed by atoms with van der Waals surface area (Å²) in [6.45, 7) is 0.377. The van der Waals surface area contributed by atoms with E-state index in [1.54, 1.807) is 38.5 Å². The molecule has 0 aromatic heterocycles. The van der Waals surface area contributed by atoms with Gasteiger partial charge in [-0.1, -0.05) is 12.1 Å². The van der Waals surface area contributed by atoms with Crippen LogP contribution in [0.4, 0.5) is 10.1 Å². The summed E-state index contributed by atoms with van der Waals surface area (Å²) < 4.78 is 24.0. The van der Waals surface area contributed by atoms with E-state index in [1.807, 2.05) is 25.1 Å². The van der Waals surface area contributed by atoms with E-state index in [4.69, 9.17) is 15.2 Å². The topological polar surface area (TPSA) is 72.1 Å². The van der Waals surface area contributed by atoms with Crippen molar-refractivity contribution in [3.05, 3.63) is 53.8 Å². The number of ether oxygens (including phenoxy) is 2. The largest absolute Gasteiger partial charge is 0.497 e. The third kappa shape index (κ3) is 6.55. The molecule has 1 atom stereocenters. The summed E-state index contributed by atoms with van der Waals surface area (Å²) in [5.41, 5.74) is 7.52. The summed E-state index contributed by atoms with van der Waals surface area (Å²) in [4.78, 5) is 6.37. The third-order valence-corrected chi connectivity index (χ3v) is 3.96. The molecule has 0 fully saturated rings. The smallest absolute Gasteiger partial charge is 0.193 e. The zero-order chi connectivity index (χ0) is 19.1. The second-order valence-corrected chi connectivity index (χ2v) is 5.95. The number of hydrogen-bond acceptors (Lipinski definition) is 4. The number of guanidine groups is 1. The number of hydrogen-bond donors (Lipinski definition) is 2. The molecule has 27 heavy (non-hydrogen) atoms. The number of nitrogens with zero attached hydrogens (tertiary/aromatic N) is 2. The van der Waals surface area contributed by atoms with E-state index in [-0.39, 0.29) is 41.8 Å². The Labute approximate surface area is 176 Å². The molecule has 0 bridgehead atoms. The average Bonchev–Trinajstić information content (AvgIpc) is 2.61. The molecule has 0 aliphatic carbocycles. The van der Waals surface area contributed by atoms with Gasteiger partial charge in [-0.3, -0.25) is 4.99 Å². The monoisotopic (exact) mass is 488 g/mol. The fourth-order valence-corrected chi connectivity index (χ4v) is 2.55. The summed E-state index contributed by atoms with van der Waals surface area (Å²) in [7, 11) is 7.00. The van der Waals surface area contributed by atoms with Gasteiger partial charge in [-0.2, -0.15) is 0 Å². The van der Waals surface area contributed by atoms with Crippen molar-refractivity contribution in [3.63, 3.8) is 0 Å². The Morgan fingerprint density at radius 2 is 1.93 bits per heavy atom. The Kier molecular flexibility index (Phi) is 9.30. The molecule has 0 aliphatic heterocycles. The zero-order valence-corrected chi connectivity index (χ0v) is 18.2. The molecule has 2 aromatic rings. The van der Waals surface area contributed by atoms with Crippen LogP contribution in [-0.4, -0.2) is 45.7 Å². The van der Waals surface area contributed by atoms with Crippen LogP contribution in [0.5, 0.6) is 11.5 Å². The molecule has 0 aliphatic rings. The predicted molar refractivity (Wildman–Crippen MR) is 118 cm³/mol. The van der Waals surface area contributed by atoms with Crippen LogP contribution in [0.2, 0.25) is 0 Å². The van der Waals surface area contributed by atoms with Gasteiger partial charge < -0.3 is 25.4 Å². The van der Waals surface area contributed by atoms with E-state index in [0.29, 0.717) is 23.7 Å². The molecule has 6 nitrogen and oxygen atoms in total. The maximum Gasteiger partial charge on any atom is 0.193 e. The molecule has 3 N–H and O–H groups in total. The highest BCUT2D eigenvalue weighted by Gasteiger charge is 2.15. The van der Waals surface area contributed by atoms with E-state index in [9.17, 15) is 4.39 Å². The Bertz CT molecular complexity index is 771. The van der Waals surface area contributed by atoms with Crippen molar-refractivity contribution in [1.29, 1.82) is 0 Å². The van der Waals surface area contributed by atoms with Crippen molar-refractivity contribution in [1.82, 2.24) is 4.90 Å². The summed E-state index contributed by atoms with van der Waals surface area (Å²) in [6, 6.07) is 11.7. The van der Waals surface area contributed by atoms with Gasteiger partial charge in [0.2, 0.25) is 0 Å². The number of halogens is 2. The second-order valence-electron chi connectivity index (χ2n) is 5.95.